The molecule has 2 aromatic rings. The van der Waals surface area contributed by atoms with E-state index in [2.05, 4.69) is 20.2 Å². The zero-order valence-corrected chi connectivity index (χ0v) is 15.0. The van der Waals surface area contributed by atoms with E-state index in [0.29, 0.717) is 31.1 Å². The van der Waals surface area contributed by atoms with Crippen LogP contribution in [-0.4, -0.2) is 56.3 Å². The van der Waals surface area contributed by atoms with E-state index in [0.717, 1.165) is 24.1 Å². The monoisotopic (exact) mass is 357 g/mol. The Hall–Kier alpha value is -2.48. The lowest BCUT2D eigenvalue weighted by molar-refractivity contribution is -0.00704. The summed E-state index contributed by atoms with van der Waals surface area (Å²) < 4.78 is 11.6. The van der Waals surface area contributed by atoms with Crippen molar-refractivity contribution in [3.05, 3.63) is 35.5 Å². The molecule has 0 unspecified atom stereocenters. The van der Waals surface area contributed by atoms with Crippen LogP contribution >= 0.6 is 0 Å². The zero-order valence-electron chi connectivity index (χ0n) is 15.0. The van der Waals surface area contributed by atoms with E-state index in [4.69, 9.17) is 9.47 Å². The number of carbonyl (C=O) groups is 1. The van der Waals surface area contributed by atoms with Crippen LogP contribution in [-0.2, 0) is 11.2 Å². The highest BCUT2D eigenvalue weighted by Gasteiger charge is 2.33. The van der Waals surface area contributed by atoms with Gasteiger partial charge in [0.2, 0.25) is 5.88 Å². The van der Waals surface area contributed by atoms with Gasteiger partial charge in [-0.25, -0.2) is 4.98 Å². The van der Waals surface area contributed by atoms with Gasteiger partial charge in [0.15, 0.2) is 5.69 Å². The highest BCUT2D eigenvalue weighted by atomic mass is 16.5. The number of nitrogens with zero attached hydrogens (tertiary/aromatic N) is 4. The van der Waals surface area contributed by atoms with Crippen LogP contribution in [0.3, 0.4) is 0 Å². The molecule has 0 spiro atoms. The number of aromatic amines is 1. The average Bonchev–Trinajstić information content (AvgIpc) is 3.07. The van der Waals surface area contributed by atoms with Gasteiger partial charge in [0.05, 0.1) is 24.1 Å². The van der Waals surface area contributed by atoms with Gasteiger partial charge in [-0.15, -0.1) is 0 Å². The number of rotatable bonds is 3. The summed E-state index contributed by atoms with van der Waals surface area (Å²) in [5.74, 6) is 0.517. The highest BCUT2D eigenvalue weighted by molar-refractivity contribution is 5.94. The molecule has 4 rings (SSSR count). The first-order valence-corrected chi connectivity index (χ1v) is 9.06. The number of nitrogens with one attached hydrogen (secondary N) is 1. The summed E-state index contributed by atoms with van der Waals surface area (Å²) in [6.07, 6.45) is 7.17. The van der Waals surface area contributed by atoms with Crippen LogP contribution < -0.4 is 4.74 Å². The molecule has 1 amide bonds. The molecule has 0 aliphatic carbocycles. The molecule has 2 aliphatic rings. The van der Waals surface area contributed by atoms with Gasteiger partial charge in [-0.2, -0.15) is 5.10 Å². The number of aromatic nitrogens is 4. The van der Waals surface area contributed by atoms with Gasteiger partial charge in [0, 0.05) is 50.3 Å². The van der Waals surface area contributed by atoms with Crippen molar-refractivity contribution in [3.8, 4) is 5.88 Å². The Balaban J connectivity index is 1.40. The minimum absolute atomic E-state index is 0.0123. The highest BCUT2D eigenvalue weighted by Crippen LogP contribution is 2.31. The predicted octanol–water partition coefficient (Wildman–Crippen LogP) is 1.91. The summed E-state index contributed by atoms with van der Waals surface area (Å²) in [4.78, 5) is 23.0. The minimum Gasteiger partial charge on any atom is -0.473 e. The molecule has 4 heterocycles. The van der Waals surface area contributed by atoms with E-state index >= 15 is 0 Å². The molecular formula is C18H23N5O3. The first-order valence-electron chi connectivity index (χ1n) is 9.06. The second kappa shape index (κ2) is 7.03. The van der Waals surface area contributed by atoms with Gasteiger partial charge in [0.1, 0.15) is 6.10 Å². The number of amides is 1. The van der Waals surface area contributed by atoms with Crippen molar-refractivity contribution in [3.63, 3.8) is 0 Å². The topological polar surface area (TPSA) is 93.2 Å². The third kappa shape index (κ3) is 3.29. The summed E-state index contributed by atoms with van der Waals surface area (Å²) in [6, 6.07) is 0. The lowest BCUT2D eigenvalue weighted by Crippen LogP contribution is -2.42. The maximum atomic E-state index is 13.0. The second-order valence-corrected chi connectivity index (χ2v) is 6.91. The van der Waals surface area contributed by atoms with Crippen molar-refractivity contribution >= 4 is 5.91 Å². The van der Waals surface area contributed by atoms with Crippen LogP contribution in [0.5, 0.6) is 5.88 Å². The largest absolute Gasteiger partial charge is 0.473 e. The van der Waals surface area contributed by atoms with E-state index in [1.54, 1.807) is 18.6 Å². The molecule has 26 heavy (non-hydrogen) atoms. The van der Waals surface area contributed by atoms with E-state index in [-0.39, 0.29) is 24.2 Å². The molecule has 8 nitrogen and oxygen atoms in total. The van der Waals surface area contributed by atoms with Gasteiger partial charge >= 0.3 is 0 Å². The van der Waals surface area contributed by atoms with Crippen molar-refractivity contribution in [2.24, 2.45) is 0 Å². The predicted molar refractivity (Wildman–Crippen MR) is 92.8 cm³/mol. The number of hydrogen-bond acceptors (Lipinski definition) is 6. The van der Waals surface area contributed by atoms with Gasteiger partial charge < -0.3 is 14.4 Å². The Morgan fingerprint density at radius 2 is 2.12 bits per heavy atom. The zero-order chi connectivity index (χ0) is 18.1. The van der Waals surface area contributed by atoms with Gasteiger partial charge in [-0.05, 0) is 13.8 Å². The standard InChI is InChI=1S/C18H23N5O3/c1-11-9-14-16(12(2)25-11)21-22-17(14)18(24)23-7-3-13(4-8-23)26-15-10-19-5-6-20-15/h5-6,10-13H,3-4,7-9H2,1-2H3,(H,21,22)/t11-,12+/m1/s1. The Labute approximate surface area is 151 Å². The third-order valence-electron chi connectivity index (χ3n) is 4.99. The van der Waals surface area contributed by atoms with Crippen molar-refractivity contribution in [1.29, 1.82) is 0 Å². The molecular weight excluding hydrogens is 334 g/mol. The second-order valence-electron chi connectivity index (χ2n) is 6.91. The first-order chi connectivity index (χ1) is 12.6. The maximum Gasteiger partial charge on any atom is 0.274 e. The smallest absolute Gasteiger partial charge is 0.274 e. The molecule has 8 heteroatoms. The normalized spacial score (nSPS) is 23.5. The van der Waals surface area contributed by atoms with Crippen LogP contribution in [0.4, 0.5) is 0 Å². The molecule has 138 valence electrons. The molecule has 2 atom stereocenters. The number of piperidine rings is 1. The molecule has 0 radical (unpaired) electrons. The Morgan fingerprint density at radius 1 is 1.31 bits per heavy atom. The van der Waals surface area contributed by atoms with Gasteiger partial charge in [-0.3, -0.25) is 14.9 Å². The van der Waals surface area contributed by atoms with E-state index in [1.165, 1.54) is 0 Å². The molecule has 0 bridgehead atoms. The molecule has 2 aromatic heterocycles. The van der Waals surface area contributed by atoms with Crippen molar-refractivity contribution in [2.45, 2.75) is 51.4 Å². The number of carbonyl (C=O) groups excluding carboxylic acids is 1. The number of hydrogen-bond donors (Lipinski definition) is 1. The molecule has 0 saturated carbocycles. The SMILES string of the molecule is C[C@@H]1Cc2c(C(=O)N3CCC(Oc4cnccn4)CC3)n[nH]c2[C@H](C)O1. The Bertz CT molecular complexity index is 770. The van der Waals surface area contributed by atoms with Crippen molar-refractivity contribution < 1.29 is 14.3 Å². The van der Waals surface area contributed by atoms with Gasteiger partial charge in [-0.1, -0.05) is 0 Å². The van der Waals surface area contributed by atoms with Crippen LogP contribution in [0.2, 0.25) is 0 Å². The molecule has 2 aliphatic heterocycles. The number of ether oxygens (including phenoxy) is 2. The first kappa shape index (κ1) is 17.0. The Morgan fingerprint density at radius 3 is 2.85 bits per heavy atom. The average molecular weight is 357 g/mol. The van der Waals surface area contributed by atoms with E-state index in [9.17, 15) is 4.79 Å². The van der Waals surface area contributed by atoms with Crippen LogP contribution in [0.15, 0.2) is 18.6 Å². The lowest BCUT2D eigenvalue weighted by Gasteiger charge is -2.32. The molecule has 1 saturated heterocycles. The molecule has 1 fully saturated rings. The number of fused-ring (bicyclic) bond motifs is 1. The fourth-order valence-electron chi connectivity index (χ4n) is 3.69. The number of H-pyrrole nitrogens is 1. The van der Waals surface area contributed by atoms with Crippen LogP contribution in [0.1, 0.15) is 54.5 Å². The summed E-state index contributed by atoms with van der Waals surface area (Å²) in [5, 5.41) is 7.29. The summed E-state index contributed by atoms with van der Waals surface area (Å²) in [5.41, 5.74) is 2.46. The van der Waals surface area contributed by atoms with E-state index in [1.807, 2.05) is 18.7 Å². The Kier molecular flexibility index (Phi) is 4.58. The third-order valence-corrected chi connectivity index (χ3v) is 4.99. The molecule has 0 aromatic carbocycles. The van der Waals surface area contributed by atoms with Crippen LogP contribution in [0, 0.1) is 0 Å². The lowest BCUT2D eigenvalue weighted by atomic mass is 9.98. The van der Waals surface area contributed by atoms with Crippen molar-refractivity contribution in [1.82, 2.24) is 25.1 Å². The summed E-state index contributed by atoms with van der Waals surface area (Å²) in [6.45, 7) is 5.30. The minimum atomic E-state index is -0.0612. The van der Waals surface area contributed by atoms with Crippen LogP contribution in [0.25, 0.3) is 0 Å². The maximum absolute atomic E-state index is 13.0. The quantitative estimate of drug-likeness (QED) is 0.902. The fraction of sp³-hybridized carbons (Fsp3) is 0.556. The van der Waals surface area contributed by atoms with Gasteiger partial charge in [0.25, 0.3) is 5.91 Å². The molecule has 1 N–H and O–H groups in total. The number of likely N-dealkylation sites (tertiary alicyclic amines) is 1. The summed E-state index contributed by atoms with van der Waals surface area (Å²) >= 11 is 0. The summed E-state index contributed by atoms with van der Waals surface area (Å²) in [7, 11) is 0. The fourth-order valence-corrected chi connectivity index (χ4v) is 3.69. The van der Waals surface area contributed by atoms with Crippen molar-refractivity contribution in [2.75, 3.05) is 13.1 Å². The van der Waals surface area contributed by atoms with E-state index < -0.39 is 0 Å².